The molecule has 0 aliphatic heterocycles. The molecule has 0 radical (unpaired) electrons. The van der Waals surface area contributed by atoms with E-state index in [1.165, 1.54) is 6.07 Å². The predicted molar refractivity (Wildman–Crippen MR) is 82.1 cm³/mol. The summed E-state index contributed by atoms with van der Waals surface area (Å²) in [5.74, 6) is 0.334. The van der Waals surface area contributed by atoms with Gasteiger partial charge in [-0.25, -0.2) is 4.39 Å². The van der Waals surface area contributed by atoms with E-state index in [9.17, 15) is 9.50 Å². The third-order valence-electron chi connectivity index (χ3n) is 4.02. The van der Waals surface area contributed by atoms with Gasteiger partial charge in [0, 0.05) is 18.7 Å². The minimum atomic E-state index is -0.748. The van der Waals surface area contributed by atoms with Gasteiger partial charge in [0.25, 0.3) is 0 Å². The smallest absolute Gasteiger partial charge is 0.129 e. The zero-order chi connectivity index (χ0) is 15.1. The SMILES string of the molecule is CCC(C)CN(CC)CC(C)C(O)c1ccccc1F. The fourth-order valence-electron chi connectivity index (χ4n) is 2.43. The lowest BCUT2D eigenvalue weighted by Gasteiger charge is -2.29. The molecule has 0 saturated carbocycles. The van der Waals surface area contributed by atoms with Gasteiger partial charge in [-0.3, -0.25) is 0 Å². The predicted octanol–water partition coefficient (Wildman–Crippen LogP) is 3.86. The number of aliphatic hydroxyl groups excluding tert-OH is 1. The summed E-state index contributed by atoms with van der Waals surface area (Å²) in [6.07, 6.45) is 0.406. The summed E-state index contributed by atoms with van der Waals surface area (Å²) >= 11 is 0. The highest BCUT2D eigenvalue weighted by atomic mass is 19.1. The molecule has 2 nitrogen and oxygen atoms in total. The maximum absolute atomic E-state index is 13.7. The third kappa shape index (κ3) is 4.88. The van der Waals surface area contributed by atoms with Crippen LogP contribution in [0.4, 0.5) is 4.39 Å². The van der Waals surface area contributed by atoms with Gasteiger partial charge >= 0.3 is 0 Å². The summed E-state index contributed by atoms with van der Waals surface area (Å²) in [4.78, 5) is 2.34. The highest BCUT2D eigenvalue weighted by Crippen LogP contribution is 2.25. The maximum Gasteiger partial charge on any atom is 0.129 e. The van der Waals surface area contributed by atoms with Crippen molar-refractivity contribution in [3.8, 4) is 0 Å². The van der Waals surface area contributed by atoms with E-state index >= 15 is 0 Å². The second kappa shape index (κ2) is 8.38. The molecule has 3 unspecified atom stereocenters. The van der Waals surface area contributed by atoms with Gasteiger partial charge in [-0.2, -0.15) is 0 Å². The lowest BCUT2D eigenvalue weighted by atomic mass is 9.96. The number of halogens is 1. The van der Waals surface area contributed by atoms with Gasteiger partial charge in [0.1, 0.15) is 5.82 Å². The topological polar surface area (TPSA) is 23.5 Å². The van der Waals surface area contributed by atoms with Crippen molar-refractivity contribution in [1.29, 1.82) is 0 Å². The van der Waals surface area contributed by atoms with Crippen LogP contribution in [0.2, 0.25) is 0 Å². The van der Waals surface area contributed by atoms with Crippen molar-refractivity contribution in [3.05, 3.63) is 35.6 Å². The van der Waals surface area contributed by atoms with E-state index in [-0.39, 0.29) is 11.7 Å². The van der Waals surface area contributed by atoms with Crippen LogP contribution in [0.25, 0.3) is 0 Å². The first-order valence-corrected chi connectivity index (χ1v) is 7.64. The fraction of sp³-hybridized carbons (Fsp3) is 0.647. The zero-order valence-electron chi connectivity index (χ0n) is 13.1. The van der Waals surface area contributed by atoms with E-state index in [1.807, 2.05) is 6.92 Å². The Morgan fingerprint density at radius 1 is 1.15 bits per heavy atom. The molecule has 0 fully saturated rings. The fourth-order valence-corrected chi connectivity index (χ4v) is 2.43. The molecule has 0 bridgehead atoms. The minimum absolute atomic E-state index is 0.0101. The van der Waals surface area contributed by atoms with E-state index in [1.54, 1.807) is 18.2 Å². The summed E-state index contributed by atoms with van der Waals surface area (Å²) in [6.45, 7) is 11.3. The lowest BCUT2D eigenvalue weighted by molar-refractivity contribution is 0.0823. The van der Waals surface area contributed by atoms with Crippen molar-refractivity contribution in [1.82, 2.24) is 4.90 Å². The Morgan fingerprint density at radius 3 is 2.35 bits per heavy atom. The van der Waals surface area contributed by atoms with Gasteiger partial charge in [-0.05, 0) is 24.4 Å². The molecule has 0 saturated heterocycles. The molecular formula is C17H28FNO. The van der Waals surface area contributed by atoms with Gasteiger partial charge in [-0.15, -0.1) is 0 Å². The van der Waals surface area contributed by atoms with E-state index < -0.39 is 6.10 Å². The van der Waals surface area contributed by atoms with Crippen molar-refractivity contribution in [2.75, 3.05) is 19.6 Å². The molecule has 3 atom stereocenters. The van der Waals surface area contributed by atoms with Crippen LogP contribution < -0.4 is 0 Å². The van der Waals surface area contributed by atoms with Gasteiger partial charge in [0.15, 0.2) is 0 Å². The molecule has 1 aromatic carbocycles. The highest BCUT2D eigenvalue weighted by molar-refractivity contribution is 5.20. The first kappa shape index (κ1) is 17.1. The number of rotatable bonds is 8. The normalized spacial score (nSPS) is 16.1. The van der Waals surface area contributed by atoms with Crippen molar-refractivity contribution < 1.29 is 9.50 Å². The largest absolute Gasteiger partial charge is 0.388 e. The summed E-state index contributed by atoms with van der Waals surface area (Å²) < 4.78 is 13.7. The molecule has 20 heavy (non-hydrogen) atoms. The van der Waals surface area contributed by atoms with Crippen LogP contribution in [0.5, 0.6) is 0 Å². The Hall–Kier alpha value is -0.930. The molecule has 0 amide bonds. The molecule has 1 N–H and O–H groups in total. The Morgan fingerprint density at radius 2 is 1.80 bits per heavy atom. The first-order chi connectivity index (χ1) is 9.49. The van der Waals surface area contributed by atoms with Crippen LogP contribution in [-0.2, 0) is 0 Å². The summed E-state index contributed by atoms with van der Waals surface area (Å²) in [7, 11) is 0. The van der Waals surface area contributed by atoms with Crippen molar-refractivity contribution in [3.63, 3.8) is 0 Å². The second-order valence-electron chi connectivity index (χ2n) is 5.81. The average Bonchev–Trinajstić information content (AvgIpc) is 2.45. The lowest BCUT2D eigenvalue weighted by Crippen LogP contribution is -2.34. The summed E-state index contributed by atoms with van der Waals surface area (Å²) in [6, 6.07) is 6.49. The molecule has 114 valence electrons. The number of benzene rings is 1. The molecular weight excluding hydrogens is 253 g/mol. The van der Waals surface area contributed by atoms with Crippen LogP contribution in [0.15, 0.2) is 24.3 Å². The Bertz CT molecular complexity index is 396. The third-order valence-corrected chi connectivity index (χ3v) is 4.02. The number of nitrogens with zero attached hydrogens (tertiary/aromatic N) is 1. The maximum atomic E-state index is 13.7. The molecule has 0 heterocycles. The average molecular weight is 281 g/mol. The van der Waals surface area contributed by atoms with Crippen molar-refractivity contribution in [2.45, 2.75) is 40.2 Å². The standard InChI is InChI=1S/C17H28FNO/c1-5-13(3)11-19(6-2)12-14(4)17(20)15-9-7-8-10-16(15)18/h7-10,13-14,17,20H,5-6,11-12H2,1-4H3. The summed E-state index contributed by atoms with van der Waals surface area (Å²) in [5.41, 5.74) is 0.402. The van der Waals surface area contributed by atoms with Crippen LogP contribution >= 0.6 is 0 Å². The van der Waals surface area contributed by atoms with E-state index in [0.29, 0.717) is 11.5 Å². The van der Waals surface area contributed by atoms with Gasteiger partial charge < -0.3 is 10.0 Å². The first-order valence-electron chi connectivity index (χ1n) is 7.64. The minimum Gasteiger partial charge on any atom is -0.388 e. The van der Waals surface area contributed by atoms with Gasteiger partial charge in [0.2, 0.25) is 0 Å². The van der Waals surface area contributed by atoms with Crippen LogP contribution in [0.3, 0.4) is 0 Å². The van der Waals surface area contributed by atoms with E-state index in [2.05, 4.69) is 25.7 Å². The van der Waals surface area contributed by atoms with Crippen LogP contribution in [0, 0.1) is 17.7 Å². The molecule has 1 aromatic rings. The Balaban J connectivity index is 2.64. The molecule has 0 aliphatic rings. The molecule has 3 heteroatoms. The Labute approximate surface area is 122 Å². The van der Waals surface area contributed by atoms with Gasteiger partial charge in [0.05, 0.1) is 6.10 Å². The van der Waals surface area contributed by atoms with E-state index in [4.69, 9.17) is 0 Å². The van der Waals surface area contributed by atoms with Crippen LogP contribution in [-0.4, -0.2) is 29.6 Å². The van der Waals surface area contributed by atoms with Crippen molar-refractivity contribution >= 4 is 0 Å². The number of hydrogen-bond donors (Lipinski definition) is 1. The molecule has 0 spiro atoms. The molecule has 0 aromatic heterocycles. The zero-order valence-corrected chi connectivity index (χ0v) is 13.1. The number of aliphatic hydroxyl groups is 1. The quantitative estimate of drug-likeness (QED) is 0.782. The van der Waals surface area contributed by atoms with Crippen molar-refractivity contribution in [2.24, 2.45) is 11.8 Å². The monoisotopic (exact) mass is 281 g/mol. The van der Waals surface area contributed by atoms with Gasteiger partial charge in [-0.1, -0.05) is 52.3 Å². The van der Waals surface area contributed by atoms with Crippen LogP contribution in [0.1, 0.15) is 45.8 Å². The second-order valence-corrected chi connectivity index (χ2v) is 5.81. The highest BCUT2D eigenvalue weighted by Gasteiger charge is 2.21. The Kier molecular flexibility index (Phi) is 7.17. The van der Waals surface area contributed by atoms with E-state index in [0.717, 1.165) is 26.1 Å². The molecule has 1 rings (SSSR count). The molecule has 0 aliphatic carbocycles. The summed E-state index contributed by atoms with van der Waals surface area (Å²) in [5, 5.41) is 10.3. The number of hydrogen-bond acceptors (Lipinski definition) is 2.